The van der Waals surface area contributed by atoms with Gasteiger partial charge in [0.2, 0.25) is 0 Å². The Morgan fingerprint density at radius 1 is 1.00 bits per heavy atom. The van der Waals surface area contributed by atoms with Gasteiger partial charge in [-0.3, -0.25) is 4.79 Å². The van der Waals surface area contributed by atoms with Crippen molar-refractivity contribution in [3.8, 4) is 0 Å². The summed E-state index contributed by atoms with van der Waals surface area (Å²) in [4.78, 5) is 11.9. The highest BCUT2D eigenvalue weighted by atomic mass is 32.2. The fraction of sp³-hybridized carbons (Fsp3) is 0.188. The third-order valence-electron chi connectivity index (χ3n) is 2.42. The van der Waals surface area contributed by atoms with Crippen molar-refractivity contribution in [2.24, 2.45) is 0 Å². The van der Waals surface area contributed by atoms with Crippen molar-refractivity contribution in [3.63, 3.8) is 0 Å². The van der Waals surface area contributed by atoms with Gasteiger partial charge in [0, 0.05) is 5.56 Å². The van der Waals surface area contributed by atoms with Gasteiger partial charge in [-0.25, -0.2) is 0 Å². The highest BCUT2D eigenvalue weighted by molar-refractivity contribution is 7.89. The van der Waals surface area contributed by atoms with Gasteiger partial charge in [-0.1, -0.05) is 71.8 Å². The summed E-state index contributed by atoms with van der Waals surface area (Å²) in [6.45, 7) is 0. The number of hydrogen-bond acceptors (Lipinski definition) is 3. The van der Waals surface area contributed by atoms with Crippen molar-refractivity contribution in [1.29, 1.82) is 0 Å². The topological polar surface area (TPSA) is 60.4 Å². The summed E-state index contributed by atoms with van der Waals surface area (Å²) in [7, 11) is 0. The van der Waals surface area contributed by atoms with Crippen molar-refractivity contribution in [3.05, 3.63) is 71.8 Å². The van der Waals surface area contributed by atoms with E-state index in [1.165, 1.54) is 0 Å². The van der Waals surface area contributed by atoms with Crippen LogP contribution in [-0.4, -0.2) is 28.0 Å². The second kappa shape index (κ2) is 8.53. The Morgan fingerprint density at radius 3 is 1.85 bits per heavy atom. The average molecular weight is 290 g/mol. The molecule has 0 spiro atoms. The van der Waals surface area contributed by atoms with Crippen molar-refractivity contribution in [1.82, 2.24) is 0 Å². The first-order valence-electron chi connectivity index (χ1n) is 6.09. The summed E-state index contributed by atoms with van der Waals surface area (Å²) in [6, 6.07) is 17.7. The van der Waals surface area contributed by atoms with E-state index >= 15 is 0 Å². The molecule has 0 heterocycles. The number of Topliss-reactive ketones (excluding diaryl/α,β-unsaturated/α-hetero) is 1. The molecule has 0 aromatic heterocycles. The second-order valence-corrected chi connectivity index (χ2v) is 5.77. The van der Waals surface area contributed by atoms with Gasteiger partial charge >= 0.3 is 0 Å². The maximum Gasteiger partial charge on any atom is 0.195 e. The van der Waals surface area contributed by atoms with E-state index in [4.69, 9.17) is 0 Å². The molecule has 0 saturated carbocycles. The molecule has 0 aliphatic rings. The van der Waals surface area contributed by atoms with E-state index in [1.54, 1.807) is 61.0 Å². The van der Waals surface area contributed by atoms with E-state index in [2.05, 4.69) is 0 Å². The molecule has 0 aliphatic carbocycles. The van der Waals surface area contributed by atoms with Crippen molar-refractivity contribution in [2.45, 2.75) is 6.10 Å². The van der Waals surface area contributed by atoms with Crippen LogP contribution in [0, 0.1) is 0 Å². The molecule has 1 atom stereocenters. The molecule has 0 amide bonds. The average Bonchev–Trinajstić information content (AvgIpc) is 2.47. The standard InChI is InChI=1S/C14H12O2.C2H6OS/c15-13(11-7-3-1-4-8-11)14(16)12-9-5-2-6-10-12;1-4(2)3/h1-10,13,15H;1-2H3. The molecule has 0 saturated heterocycles. The first-order chi connectivity index (χ1) is 9.52. The van der Waals surface area contributed by atoms with Crippen LogP contribution in [-0.2, 0) is 11.2 Å². The van der Waals surface area contributed by atoms with E-state index in [9.17, 15) is 14.5 Å². The molecule has 2 rings (SSSR count). The fourth-order valence-electron chi connectivity index (χ4n) is 1.55. The minimum absolute atomic E-state index is 0.271. The lowest BCUT2D eigenvalue weighted by Gasteiger charge is -2.09. The number of aliphatic hydroxyl groups is 1. The number of ketones is 1. The zero-order valence-electron chi connectivity index (χ0n) is 11.5. The Morgan fingerprint density at radius 2 is 1.40 bits per heavy atom. The maximum absolute atomic E-state index is 11.9. The molecular weight excluding hydrogens is 272 g/mol. The lowest BCUT2D eigenvalue weighted by atomic mass is 10.0. The van der Waals surface area contributed by atoms with E-state index in [-0.39, 0.29) is 5.78 Å². The van der Waals surface area contributed by atoms with Crippen LogP contribution < -0.4 is 0 Å². The van der Waals surface area contributed by atoms with Gasteiger partial charge in [-0.2, -0.15) is 0 Å². The lowest BCUT2D eigenvalue weighted by Crippen LogP contribution is -2.11. The van der Waals surface area contributed by atoms with Crippen LogP contribution in [0.25, 0.3) is 0 Å². The number of carbonyl (C=O) groups is 1. The Balaban J connectivity index is 0.000000444. The Kier molecular flexibility index (Phi) is 7.01. The maximum atomic E-state index is 11.9. The zero-order valence-corrected chi connectivity index (χ0v) is 12.3. The summed E-state index contributed by atoms with van der Waals surface area (Å²) in [6.07, 6.45) is 2.20. The molecule has 1 N–H and O–H groups in total. The van der Waals surface area contributed by atoms with E-state index in [0.29, 0.717) is 11.1 Å². The van der Waals surface area contributed by atoms with Crippen LogP contribution in [0.5, 0.6) is 0 Å². The molecule has 2 aromatic rings. The highest BCUT2D eigenvalue weighted by Crippen LogP contribution is 2.17. The molecule has 0 bridgehead atoms. The predicted octanol–water partition coefficient (Wildman–Crippen LogP) is 2.60. The van der Waals surface area contributed by atoms with Gasteiger partial charge in [0.05, 0.1) is 12.5 Å². The molecule has 4 heteroatoms. The second-order valence-electron chi connectivity index (χ2n) is 4.29. The number of benzene rings is 2. The third-order valence-corrected chi connectivity index (χ3v) is 2.42. The summed E-state index contributed by atoms with van der Waals surface area (Å²) < 4.78 is 9.56. The molecule has 1 unspecified atom stereocenters. The third kappa shape index (κ3) is 5.57. The van der Waals surface area contributed by atoms with Crippen LogP contribution in [0.3, 0.4) is 0 Å². The van der Waals surface area contributed by atoms with E-state index in [1.807, 2.05) is 12.1 Å². The smallest absolute Gasteiger partial charge is 0.195 e. The highest BCUT2D eigenvalue weighted by Gasteiger charge is 2.18. The molecule has 20 heavy (non-hydrogen) atoms. The van der Waals surface area contributed by atoms with Crippen molar-refractivity contribution >= 4 is 17.0 Å². The number of aliphatic hydroxyl groups excluding tert-OH is 1. The Labute approximate surface area is 122 Å². The van der Waals surface area contributed by atoms with Crippen LogP contribution >= 0.6 is 0 Å². The quantitative estimate of drug-likeness (QED) is 0.698. The zero-order chi connectivity index (χ0) is 15.0. The lowest BCUT2D eigenvalue weighted by molar-refractivity contribution is 0.0747. The molecule has 0 radical (unpaired) electrons. The summed E-state index contributed by atoms with van der Waals surface area (Å²) in [5, 5.41) is 9.89. The SMILES string of the molecule is C[S+](C)[O-].O=C(c1ccccc1)C(O)c1ccccc1. The van der Waals surface area contributed by atoms with Gasteiger partial charge in [0.25, 0.3) is 0 Å². The minimum atomic E-state index is -1.08. The Hall–Kier alpha value is -1.62. The monoisotopic (exact) mass is 290 g/mol. The van der Waals surface area contributed by atoms with Crippen molar-refractivity contribution < 1.29 is 14.5 Å². The van der Waals surface area contributed by atoms with Gasteiger partial charge in [-0.05, 0) is 5.56 Å². The van der Waals surface area contributed by atoms with Crippen LogP contribution in [0.15, 0.2) is 60.7 Å². The molecule has 106 valence electrons. The minimum Gasteiger partial charge on any atom is -0.617 e. The predicted molar refractivity (Wildman–Crippen MR) is 82.2 cm³/mol. The molecule has 2 aromatic carbocycles. The molecule has 3 nitrogen and oxygen atoms in total. The van der Waals surface area contributed by atoms with Gasteiger partial charge in [-0.15, -0.1) is 0 Å². The number of rotatable bonds is 3. The molecular formula is C16H18O3S. The summed E-state index contributed by atoms with van der Waals surface area (Å²) >= 11 is -0.611. The van der Waals surface area contributed by atoms with Gasteiger partial charge < -0.3 is 9.66 Å². The fourth-order valence-corrected chi connectivity index (χ4v) is 1.55. The van der Waals surface area contributed by atoms with Gasteiger partial charge in [0.1, 0.15) is 6.10 Å². The molecule has 0 aliphatic heterocycles. The number of carbonyl (C=O) groups excluding carboxylic acids is 1. The van der Waals surface area contributed by atoms with E-state index < -0.39 is 17.3 Å². The first-order valence-corrected chi connectivity index (χ1v) is 8.06. The summed E-state index contributed by atoms with van der Waals surface area (Å²) in [5.74, 6) is -0.271. The summed E-state index contributed by atoms with van der Waals surface area (Å²) in [5.41, 5.74) is 1.15. The van der Waals surface area contributed by atoms with Gasteiger partial charge in [0.15, 0.2) is 5.78 Å². The molecule has 0 fully saturated rings. The van der Waals surface area contributed by atoms with Crippen LogP contribution in [0.1, 0.15) is 22.0 Å². The van der Waals surface area contributed by atoms with Crippen LogP contribution in [0.2, 0.25) is 0 Å². The largest absolute Gasteiger partial charge is 0.617 e. The van der Waals surface area contributed by atoms with Crippen molar-refractivity contribution in [2.75, 3.05) is 12.5 Å². The normalized spacial score (nSPS) is 11.4. The first kappa shape index (κ1) is 16.4. The van der Waals surface area contributed by atoms with Crippen LogP contribution in [0.4, 0.5) is 0 Å². The Bertz CT molecular complexity index is 509. The van der Waals surface area contributed by atoms with E-state index in [0.717, 1.165) is 0 Å². The number of hydrogen-bond donors (Lipinski definition) is 1.